The van der Waals surface area contributed by atoms with Gasteiger partial charge in [0.1, 0.15) is 0 Å². The molecule has 0 N–H and O–H groups in total. The van der Waals surface area contributed by atoms with Crippen LogP contribution in [0.3, 0.4) is 0 Å². The van der Waals surface area contributed by atoms with Crippen molar-refractivity contribution in [3.8, 4) is 0 Å². The van der Waals surface area contributed by atoms with Gasteiger partial charge in [-0.1, -0.05) is 64.0 Å². The van der Waals surface area contributed by atoms with Crippen LogP contribution in [0.15, 0.2) is 59.5 Å². The fourth-order valence-corrected chi connectivity index (χ4v) is 4.38. The standard InChI is InChI=1S/C18H20BrNO3S/c1-13-9-11-17(12-10-13)24(22,23)20(18(21)14(2)19)15(3)16-7-5-4-6-8-16/h4-12,14-15H,1-3H3. The van der Waals surface area contributed by atoms with Gasteiger partial charge in [-0.3, -0.25) is 4.79 Å². The highest BCUT2D eigenvalue weighted by molar-refractivity contribution is 9.10. The molecule has 0 aliphatic rings. The van der Waals surface area contributed by atoms with Gasteiger partial charge in [0.2, 0.25) is 5.91 Å². The predicted molar refractivity (Wildman–Crippen MR) is 98.5 cm³/mol. The van der Waals surface area contributed by atoms with Crippen LogP contribution in [-0.4, -0.2) is 23.5 Å². The molecule has 128 valence electrons. The van der Waals surface area contributed by atoms with E-state index in [0.29, 0.717) is 0 Å². The van der Waals surface area contributed by atoms with Crippen molar-refractivity contribution in [1.29, 1.82) is 0 Å². The van der Waals surface area contributed by atoms with E-state index in [9.17, 15) is 13.2 Å². The van der Waals surface area contributed by atoms with Crippen molar-refractivity contribution < 1.29 is 13.2 Å². The maximum absolute atomic E-state index is 13.1. The minimum absolute atomic E-state index is 0.109. The van der Waals surface area contributed by atoms with E-state index in [0.717, 1.165) is 15.4 Å². The first-order valence-electron chi connectivity index (χ1n) is 7.59. The van der Waals surface area contributed by atoms with Gasteiger partial charge >= 0.3 is 0 Å². The Balaban J connectivity index is 2.54. The van der Waals surface area contributed by atoms with Crippen molar-refractivity contribution in [2.45, 2.75) is 36.5 Å². The number of halogens is 1. The summed E-state index contributed by atoms with van der Waals surface area (Å²) in [7, 11) is -3.96. The van der Waals surface area contributed by atoms with Crippen LogP contribution in [0.1, 0.15) is 31.0 Å². The molecule has 2 unspecified atom stereocenters. The summed E-state index contributed by atoms with van der Waals surface area (Å²) in [4.78, 5) is 12.1. The summed E-state index contributed by atoms with van der Waals surface area (Å²) < 4.78 is 27.1. The Morgan fingerprint density at radius 3 is 2.04 bits per heavy atom. The van der Waals surface area contributed by atoms with Crippen molar-refractivity contribution in [3.05, 3.63) is 65.7 Å². The Labute approximate surface area is 151 Å². The minimum Gasteiger partial charge on any atom is -0.272 e. The van der Waals surface area contributed by atoms with E-state index < -0.39 is 26.8 Å². The topological polar surface area (TPSA) is 54.5 Å². The van der Waals surface area contributed by atoms with E-state index in [1.165, 1.54) is 12.1 Å². The molecule has 2 aromatic carbocycles. The van der Waals surface area contributed by atoms with Crippen LogP contribution in [0.4, 0.5) is 0 Å². The van der Waals surface area contributed by atoms with Gasteiger partial charge in [0.05, 0.1) is 15.8 Å². The molecule has 4 nitrogen and oxygen atoms in total. The van der Waals surface area contributed by atoms with Gasteiger partial charge in [-0.25, -0.2) is 12.7 Å². The second kappa shape index (κ2) is 7.49. The van der Waals surface area contributed by atoms with Crippen LogP contribution in [0.25, 0.3) is 0 Å². The lowest BCUT2D eigenvalue weighted by molar-refractivity contribution is -0.126. The summed E-state index contributed by atoms with van der Waals surface area (Å²) in [6.45, 7) is 5.22. The summed E-state index contributed by atoms with van der Waals surface area (Å²) in [5, 5.41) is 0. The average molecular weight is 410 g/mol. The highest BCUT2D eigenvalue weighted by Crippen LogP contribution is 2.29. The number of carbonyl (C=O) groups is 1. The largest absolute Gasteiger partial charge is 0.272 e. The van der Waals surface area contributed by atoms with Gasteiger partial charge < -0.3 is 0 Å². The van der Waals surface area contributed by atoms with E-state index >= 15 is 0 Å². The normalized spacial score (nSPS) is 14.0. The van der Waals surface area contributed by atoms with Gasteiger partial charge in [0.25, 0.3) is 10.0 Å². The van der Waals surface area contributed by atoms with Crippen LogP contribution in [0.5, 0.6) is 0 Å². The number of aryl methyl sites for hydroxylation is 1. The van der Waals surface area contributed by atoms with Crippen LogP contribution >= 0.6 is 15.9 Å². The molecular formula is C18H20BrNO3S. The SMILES string of the molecule is Cc1ccc(S(=O)(=O)N(C(=O)C(C)Br)C(C)c2ccccc2)cc1. The third kappa shape index (κ3) is 3.87. The van der Waals surface area contributed by atoms with Crippen LogP contribution in [-0.2, 0) is 14.8 Å². The van der Waals surface area contributed by atoms with E-state index in [4.69, 9.17) is 0 Å². The van der Waals surface area contributed by atoms with Gasteiger partial charge in [0, 0.05) is 0 Å². The molecular weight excluding hydrogens is 390 g/mol. The molecule has 2 rings (SSSR count). The lowest BCUT2D eigenvalue weighted by Crippen LogP contribution is -2.42. The Morgan fingerprint density at radius 2 is 1.54 bits per heavy atom. The fraction of sp³-hybridized carbons (Fsp3) is 0.278. The molecule has 0 bridgehead atoms. The lowest BCUT2D eigenvalue weighted by Gasteiger charge is -2.30. The first-order chi connectivity index (χ1) is 11.2. The van der Waals surface area contributed by atoms with E-state index in [1.54, 1.807) is 26.0 Å². The third-order valence-electron chi connectivity index (χ3n) is 3.77. The zero-order valence-corrected chi connectivity index (χ0v) is 16.2. The van der Waals surface area contributed by atoms with E-state index in [2.05, 4.69) is 15.9 Å². The average Bonchev–Trinajstić information content (AvgIpc) is 2.55. The molecule has 2 aromatic rings. The smallest absolute Gasteiger partial charge is 0.267 e. The molecule has 24 heavy (non-hydrogen) atoms. The molecule has 6 heteroatoms. The molecule has 0 radical (unpaired) electrons. The maximum Gasteiger partial charge on any atom is 0.267 e. The quantitative estimate of drug-likeness (QED) is 0.699. The Hall–Kier alpha value is -1.66. The van der Waals surface area contributed by atoms with Crippen molar-refractivity contribution in [3.63, 3.8) is 0 Å². The van der Waals surface area contributed by atoms with Gasteiger partial charge in [-0.2, -0.15) is 0 Å². The second-order valence-corrected chi connectivity index (χ2v) is 8.84. The summed E-state index contributed by atoms with van der Waals surface area (Å²) in [6, 6.07) is 15.0. The molecule has 0 aromatic heterocycles. The van der Waals surface area contributed by atoms with Crippen molar-refractivity contribution in [2.24, 2.45) is 0 Å². The van der Waals surface area contributed by atoms with Crippen molar-refractivity contribution >= 4 is 31.9 Å². The molecule has 0 saturated carbocycles. The van der Waals surface area contributed by atoms with Crippen molar-refractivity contribution in [2.75, 3.05) is 0 Å². The highest BCUT2D eigenvalue weighted by Gasteiger charge is 2.35. The highest BCUT2D eigenvalue weighted by atomic mass is 79.9. The Morgan fingerprint density at radius 1 is 1.00 bits per heavy atom. The van der Waals surface area contributed by atoms with Gasteiger partial charge in [0.15, 0.2) is 0 Å². The number of amides is 1. The number of sulfonamides is 1. The summed E-state index contributed by atoms with van der Waals surface area (Å²) in [5.41, 5.74) is 1.71. The van der Waals surface area contributed by atoms with Gasteiger partial charge in [-0.05, 0) is 38.5 Å². The Kier molecular flexibility index (Phi) is 5.83. The van der Waals surface area contributed by atoms with Crippen LogP contribution < -0.4 is 0 Å². The number of alkyl halides is 1. The van der Waals surface area contributed by atoms with Crippen LogP contribution in [0, 0.1) is 6.92 Å². The first-order valence-corrected chi connectivity index (χ1v) is 9.94. The van der Waals surface area contributed by atoms with E-state index in [1.807, 2.05) is 37.3 Å². The molecule has 0 heterocycles. The monoisotopic (exact) mass is 409 g/mol. The zero-order valence-electron chi connectivity index (χ0n) is 13.8. The number of rotatable bonds is 5. The maximum atomic E-state index is 13.1. The molecule has 1 amide bonds. The predicted octanol–water partition coefficient (Wildman–Crippen LogP) is 4.06. The molecule has 0 saturated heterocycles. The Bertz CT molecular complexity index is 802. The van der Waals surface area contributed by atoms with Crippen LogP contribution in [0.2, 0.25) is 0 Å². The molecule has 0 spiro atoms. The van der Waals surface area contributed by atoms with Crippen molar-refractivity contribution in [1.82, 2.24) is 4.31 Å². The molecule has 0 fully saturated rings. The number of benzene rings is 2. The second-order valence-electron chi connectivity index (χ2n) is 5.65. The summed E-state index contributed by atoms with van der Waals surface area (Å²) in [6.07, 6.45) is 0. The first kappa shape index (κ1) is 18.7. The minimum atomic E-state index is -3.96. The number of hydrogen-bond acceptors (Lipinski definition) is 3. The van der Waals surface area contributed by atoms with Gasteiger partial charge in [-0.15, -0.1) is 0 Å². The third-order valence-corrected chi connectivity index (χ3v) is 6.04. The zero-order chi connectivity index (χ0) is 17.9. The summed E-state index contributed by atoms with van der Waals surface area (Å²) >= 11 is 3.20. The summed E-state index contributed by atoms with van der Waals surface area (Å²) in [5.74, 6) is -0.494. The number of nitrogens with zero attached hydrogens (tertiary/aromatic N) is 1. The number of carbonyl (C=O) groups excluding carboxylic acids is 1. The molecule has 0 aliphatic heterocycles. The van der Waals surface area contributed by atoms with E-state index in [-0.39, 0.29) is 4.90 Å². The molecule has 2 atom stereocenters. The fourth-order valence-electron chi connectivity index (χ4n) is 2.38. The number of hydrogen-bond donors (Lipinski definition) is 0. The molecule has 0 aliphatic carbocycles. The lowest BCUT2D eigenvalue weighted by atomic mass is 10.1.